The van der Waals surface area contributed by atoms with Gasteiger partial charge in [-0.1, -0.05) is 24.6 Å². The minimum Gasteiger partial charge on any atom is -0.330 e. The highest BCUT2D eigenvalue weighted by molar-refractivity contribution is 5.61. The van der Waals surface area contributed by atoms with Gasteiger partial charge >= 0.3 is 6.18 Å². The Morgan fingerprint density at radius 2 is 2.00 bits per heavy atom. The lowest BCUT2D eigenvalue weighted by molar-refractivity contribution is -0.137. The van der Waals surface area contributed by atoms with E-state index < -0.39 is 11.7 Å². The van der Waals surface area contributed by atoms with Crippen molar-refractivity contribution in [3.05, 3.63) is 42.2 Å². The molecule has 6 heteroatoms. The molecule has 0 spiro atoms. The molecule has 2 N–H and O–H groups in total. The molecule has 0 bridgehead atoms. The normalized spacial score (nSPS) is 22.3. The summed E-state index contributed by atoms with van der Waals surface area (Å²) in [4.78, 5) is 4.22. The maximum Gasteiger partial charge on any atom is 0.417 e. The molecule has 3 rings (SSSR count). The highest BCUT2D eigenvalue weighted by Crippen LogP contribution is 2.39. The zero-order valence-electron chi connectivity index (χ0n) is 12.8. The minimum absolute atomic E-state index is 0.139. The second kappa shape index (κ2) is 6.35. The van der Waals surface area contributed by atoms with Gasteiger partial charge in [0, 0.05) is 24.0 Å². The summed E-state index contributed by atoms with van der Waals surface area (Å²) < 4.78 is 41.7. The van der Waals surface area contributed by atoms with E-state index in [0.717, 1.165) is 31.7 Å². The number of nitrogens with zero attached hydrogens (tertiary/aromatic N) is 2. The Labute approximate surface area is 133 Å². The standard InChI is InChI=1S/C17H20F3N3/c18-17(19,20)15-7-2-1-6-14(15)16-22-8-9-23(16)13-5-3-4-12(10-13)11-21/h1-2,6-9,12-13H,3-5,10-11,21H2/t12-,13+/m0/s1. The van der Waals surface area contributed by atoms with E-state index in [0.29, 0.717) is 18.3 Å². The smallest absolute Gasteiger partial charge is 0.330 e. The first-order valence-corrected chi connectivity index (χ1v) is 7.90. The van der Waals surface area contributed by atoms with Crippen molar-refractivity contribution >= 4 is 0 Å². The highest BCUT2D eigenvalue weighted by atomic mass is 19.4. The zero-order valence-corrected chi connectivity index (χ0v) is 12.8. The van der Waals surface area contributed by atoms with Gasteiger partial charge < -0.3 is 10.3 Å². The summed E-state index contributed by atoms with van der Waals surface area (Å²) in [5, 5.41) is 0. The summed E-state index contributed by atoms with van der Waals surface area (Å²) in [7, 11) is 0. The molecular weight excluding hydrogens is 303 g/mol. The highest BCUT2D eigenvalue weighted by Gasteiger charge is 2.35. The molecule has 1 aromatic heterocycles. The molecule has 3 nitrogen and oxygen atoms in total. The van der Waals surface area contributed by atoms with Crippen LogP contribution >= 0.6 is 0 Å². The SMILES string of the molecule is NC[C@H]1CCC[C@@H](n2ccnc2-c2ccccc2C(F)(F)F)C1. The Morgan fingerprint density at radius 3 is 2.74 bits per heavy atom. The number of nitrogens with two attached hydrogens (primary N) is 1. The lowest BCUT2D eigenvalue weighted by atomic mass is 9.85. The van der Waals surface area contributed by atoms with E-state index in [2.05, 4.69) is 4.98 Å². The van der Waals surface area contributed by atoms with Crippen molar-refractivity contribution in [2.75, 3.05) is 6.54 Å². The van der Waals surface area contributed by atoms with Crippen LogP contribution in [0.25, 0.3) is 11.4 Å². The van der Waals surface area contributed by atoms with Gasteiger partial charge in [0.15, 0.2) is 0 Å². The molecule has 0 radical (unpaired) electrons. The quantitative estimate of drug-likeness (QED) is 0.917. The van der Waals surface area contributed by atoms with Gasteiger partial charge in [-0.2, -0.15) is 13.2 Å². The molecule has 0 saturated heterocycles. The van der Waals surface area contributed by atoms with Crippen molar-refractivity contribution in [3.8, 4) is 11.4 Å². The van der Waals surface area contributed by atoms with Gasteiger partial charge in [-0.3, -0.25) is 0 Å². The van der Waals surface area contributed by atoms with Crippen LogP contribution in [0.4, 0.5) is 13.2 Å². The first-order valence-electron chi connectivity index (χ1n) is 7.90. The summed E-state index contributed by atoms with van der Waals surface area (Å²) in [5.41, 5.74) is 5.27. The number of halogens is 3. The Hall–Kier alpha value is -1.82. The van der Waals surface area contributed by atoms with E-state index in [4.69, 9.17) is 5.73 Å². The molecule has 1 heterocycles. The fourth-order valence-electron chi connectivity index (χ4n) is 3.47. The summed E-state index contributed by atoms with van der Waals surface area (Å²) >= 11 is 0. The third kappa shape index (κ3) is 3.27. The Morgan fingerprint density at radius 1 is 1.22 bits per heavy atom. The Bertz CT molecular complexity index is 663. The summed E-state index contributed by atoms with van der Waals surface area (Å²) in [5.74, 6) is 0.822. The molecule has 1 aliphatic carbocycles. The average molecular weight is 323 g/mol. The van der Waals surface area contributed by atoms with Crippen molar-refractivity contribution in [1.29, 1.82) is 0 Å². The Kier molecular flexibility index (Phi) is 4.43. The van der Waals surface area contributed by atoms with Crippen LogP contribution in [-0.2, 0) is 6.18 Å². The van der Waals surface area contributed by atoms with Crippen LogP contribution in [0.3, 0.4) is 0 Å². The van der Waals surface area contributed by atoms with Gasteiger partial charge in [0.05, 0.1) is 5.56 Å². The van der Waals surface area contributed by atoms with E-state index in [1.807, 2.05) is 4.57 Å². The molecule has 0 unspecified atom stereocenters. The van der Waals surface area contributed by atoms with Crippen LogP contribution in [0.2, 0.25) is 0 Å². The lowest BCUT2D eigenvalue weighted by Crippen LogP contribution is -2.24. The zero-order chi connectivity index (χ0) is 16.4. The second-order valence-electron chi connectivity index (χ2n) is 6.12. The topological polar surface area (TPSA) is 43.8 Å². The predicted molar refractivity (Wildman–Crippen MR) is 82.7 cm³/mol. The van der Waals surface area contributed by atoms with Crippen LogP contribution in [0, 0.1) is 5.92 Å². The van der Waals surface area contributed by atoms with Gasteiger partial charge in [0.2, 0.25) is 0 Å². The fraction of sp³-hybridized carbons (Fsp3) is 0.471. The molecule has 0 aliphatic heterocycles. The van der Waals surface area contributed by atoms with Gasteiger partial charge in [-0.15, -0.1) is 0 Å². The lowest BCUT2D eigenvalue weighted by Gasteiger charge is -2.30. The fourth-order valence-corrected chi connectivity index (χ4v) is 3.47. The maximum absolute atomic E-state index is 13.3. The van der Waals surface area contributed by atoms with Gasteiger partial charge in [0.1, 0.15) is 5.82 Å². The van der Waals surface area contributed by atoms with Crippen molar-refractivity contribution in [3.63, 3.8) is 0 Å². The van der Waals surface area contributed by atoms with Crippen LogP contribution in [0.5, 0.6) is 0 Å². The number of hydrogen-bond donors (Lipinski definition) is 1. The van der Waals surface area contributed by atoms with E-state index in [1.54, 1.807) is 18.5 Å². The molecule has 2 atom stereocenters. The van der Waals surface area contributed by atoms with E-state index >= 15 is 0 Å². The number of imidazole rings is 1. The first-order chi connectivity index (χ1) is 11.0. The number of benzene rings is 1. The van der Waals surface area contributed by atoms with E-state index in [9.17, 15) is 13.2 Å². The first kappa shape index (κ1) is 16.1. The summed E-state index contributed by atoms with van der Waals surface area (Å²) in [6.07, 6.45) is 2.96. The van der Waals surface area contributed by atoms with Crippen LogP contribution in [0.15, 0.2) is 36.7 Å². The molecule has 124 valence electrons. The van der Waals surface area contributed by atoms with Crippen LogP contribution in [0.1, 0.15) is 37.3 Å². The average Bonchev–Trinajstić information content (AvgIpc) is 3.03. The summed E-state index contributed by atoms with van der Waals surface area (Å²) in [6, 6.07) is 5.79. The third-order valence-corrected chi connectivity index (χ3v) is 4.62. The van der Waals surface area contributed by atoms with Crippen LogP contribution in [-0.4, -0.2) is 16.1 Å². The number of hydrogen-bond acceptors (Lipinski definition) is 2. The molecular formula is C17H20F3N3. The number of alkyl halides is 3. The predicted octanol–water partition coefficient (Wildman–Crippen LogP) is 4.26. The van der Waals surface area contributed by atoms with E-state index in [-0.39, 0.29) is 11.6 Å². The Balaban J connectivity index is 1.99. The molecule has 2 aromatic rings. The second-order valence-corrected chi connectivity index (χ2v) is 6.12. The molecule has 0 amide bonds. The molecule has 23 heavy (non-hydrogen) atoms. The van der Waals surface area contributed by atoms with Crippen molar-refractivity contribution in [2.45, 2.75) is 37.9 Å². The maximum atomic E-state index is 13.3. The molecule has 1 aliphatic rings. The van der Waals surface area contributed by atoms with Gasteiger partial charge in [-0.25, -0.2) is 4.98 Å². The largest absolute Gasteiger partial charge is 0.417 e. The van der Waals surface area contributed by atoms with Crippen LogP contribution < -0.4 is 5.73 Å². The van der Waals surface area contributed by atoms with Gasteiger partial charge in [0.25, 0.3) is 0 Å². The van der Waals surface area contributed by atoms with Crippen molar-refractivity contribution in [1.82, 2.24) is 9.55 Å². The monoisotopic (exact) mass is 323 g/mol. The minimum atomic E-state index is -4.39. The molecule has 1 saturated carbocycles. The van der Waals surface area contributed by atoms with Crippen molar-refractivity contribution < 1.29 is 13.2 Å². The number of rotatable bonds is 3. The third-order valence-electron chi connectivity index (χ3n) is 4.62. The number of aromatic nitrogens is 2. The molecule has 1 aromatic carbocycles. The summed E-state index contributed by atoms with van der Waals surface area (Å²) in [6.45, 7) is 0.625. The molecule has 1 fully saturated rings. The van der Waals surface area contributed by atoms with Gasteiger partial charge in [-0.05, 0) is 37.8 Å². The van der Waals surface area contributed by atoms with Crippen molar-refractivity contribution in [2.24, 2.45) is 11.7 Å². The van der Waals surface area contributed by atoms with E-state index in [1.165, 1.54) is 12.1 Å².